The molecule has 0 atom stereocenters. The van der Waals surface area contributed by atoms with E-state index in [1.54, 1.807) is 0 Å². The Bertz CT molecular complexity index is 229. The number of halogens is 1. The molecule has 0 radical (unpaired) electrons. The average molecular weight is 207 g/mol. The number of hydrogen-bond acceptors (Lipinski definition) is 4. The topological polar surface area (TPSA) is 35.0 Å². The summed E-state index contributed by atoms with van der Waals surface area (Å²) >= 11 is 7.05. The van der Waals surface area contributed by atoms with Crippen molar-refractivity contribution in [2.45, 2.75) is 19.8 Å². The van der Waals surface area contributed by atoms with Crippen LogP contribution in [0.5, 0.6) is 0 Å². The monoisotopic (exact) mass is 206 g/mol. The van der Waals surface area contributed by atoms with Crippen LogP contribution in [0.4, 0.5) is 0 Å². The van der Waals surface area contributed by atoms with E-state index in [1.807, 2.05) is 6.92 Å². The molecule has 0 saturated carbocycles. The highest BCUT2D eigenvalue weighted by Gasteiger charge is 2.00. The van der Waals surface area contributed by atoms with Crippen LogP contribution in [0.3, 0.4) is 0 Å². The molecule has 1 rings (SSSR count). The first-order valence-corrected chi connectivity index (χ1v) is 5.08. The maximum Gasteiger partial charge on any atom is 0.207 e. The summed E-state index contributed by atoms with van der Waals surface area (Å²) in [5.74, 6) is 0. The average Bonchev–Trinajstić information content (AvgIpc) is 2.45. The smallest absolute Gasteiger partial charge is 0.207 e. The molecule has 1 aromatic rings. The van der Waals surface area contributed by atoms with Gasteiger partial charge in [0.15, 0.2) is 0 Å². The van der Waals surface area contributed by atoms with Crippen LogP contribution in [-0.4, -0.2) is 23.4 Å². The first-order valence-electron chi connectivity index (χ1n) is 3.88. The molecule has 0 aliphatic heterocycles. The maximum atomic E-state index is 5.61. The van der Waals surface area contributed by atoms with Crippen molar-refractivity contribution in [1.29, 1.82) is 0 Å². The quantitative estimate of drug-likeness (QED) is 0.693. The Hall–Kier alpha value is -0.190. The third-order valence-electron chi connectivity index (χ3n) is 1.33. The zero-order valence-corrected chi connectivity index (χ0v) is 8.49. The standard InChI is InChI=1S/C7H11ClN2OS/c1-2-11-5-3-4-6-9-10-7(8)12-6/h2-5H2,1H3. The summed E-state index contributed by atoms with van der Waals surface area (Å²) in [5.41, 5.74) is 0. The Balaban J connectivity index is 2.15. The summed E-state index contributed by atoms with van der Waals surface area (Å²) in [7, 11) is 0. The normalized spacial score (nSPS) is 10.5. The van der Waals surface area contributed by atoms with Crippen molar-refractivity contribution >= 4 is 22.9 Å². The molecule has 68 valence electrons. The lowest BCUT2D eigenvalue weighted by Gasteiger charge is -1.97. The van der Waals surface area contributed by atoms with Crippen LogP contribution < -0.4 is 0 Å². The fourth-order valence-corrected chi connectivity index (χ4v) is 1.71. The van der Waals surface area contributed by atoms with Gasteiger partial charge >= 0.3 is 0 Å². The van der Waals surface area contributed by atoms with E-state index in [1.165, 1.54) is 11.3 Å². The Morgan fingerprint density at radius 2 is 2.33 bits per heavy atom. The second kappa shape index (κ2) is 5.45. The Kier molecular flexibility index (Phi) is 4.50. The predicted octanol–water partition coefficient (Wildman–Crippen LogP) is 2.16. The zero-order valence-electron chi connectivity index (χ0n) is 6.92. The highest BCUT2D eigenvalue weighted by molar-refractivity contribution is 7.15. The predicted molar refractivity (Wildman–Crippen MR) is 49.7 cm³/mol. The lowest BCUT2D eigenvalue weighted by atomic mass is 10.3. The molecule has 3 nitrogen and oxygen atoms in total. The highest BCUT2D eigenvalue weighted by atomic mass is 35.5. The fraction of sp³-hybridized carbons (Fsp3) is 0.714. The second-order valence-corrected chi connectivity index (χ2v) is 3.89. The number of rotatable bonds is 5. The Morgan fingerprint density at radius 3 is 2.92 bits per heavy atom. The molecule has 0 bridgehead atoms. The lowest BCUT2D eigenvalue weighted by molar-refractivity contribution is 0.145. The van der Waals surface area contributed by atoms with E-state index in [9.17, 15) is 0 Å². The van der Waals surface area contributed by atoms with Crippen molar-refractivity contribution in [3.63, 3.8) is 0 Å². The van der Waals surface area contributed by atoms with E-state index in [-0.39, 0.29) is 0 Å². The van der Waals surface area contributed by atoms with Gasteiger partial charge in [-0.25, -0.2) is 0 Å². The molecule has 5 heteroatoms. The van der Waals surface area contributed by atoms with Crippen LogP contribution in [0.2, 0.25) is 4.47 Å². The van der Waals surface area contributed by atoms with Gasteiger partial charge in [0, 0.05) is 19.6 Å². The molecule has 1 heterocycles. The number of nitrogens with zero attached hydrogens (tertiary/aromatic N) is 2. The molecule has 0 spiro atoms. The summed E-state index contributed by atoms with van der Waals surface area (Å²) in [4.78, 5) is 0. The third-order valence-corrected chi connectivity index (χ3v) is 2.40. The lowest BCUT2D eigenvalue weighted by Crippen LogP contribution is -1.95. The summed E-state index contributed by atoms with van der Waals surface area (Å²) in [5, 5.41) is 8.59. The number of aromatic nitrogens is 2. The largest absolute Gasteiger partial charge is 0.382 e. The molecular formula is C7H11ClN2OS. The maximum absolute atomic E-state index is 5.61. The summed E-state index contributed by atoms with van der Waals surface area (Å²) in [6.45, 7) is 3.55. The number of aryl methyl sites for hydroxylation is 1. The van der Waals surface area contributed by atoms with Gasteiger partial charge in [0.1, 0.15) is 5.01 Å². The molecule has 0 unspecified atom stereocenters. The SMILES string of the molecule is CCOCCCc1nnc(Cl)s1. The first kappa shape index (κ1) is 9.89. The third kappa shape index (κ3) is 3.47. The molecule has 0 fully saturated rings. The van der Waals surface area contributed by atoms with Crippen molar-refractivity contribution in [2.24, 2.45) is 0 Å². The van der Waals surface area contributed by atoms with Crippen molar-refractivity contribution < 1.29 is 4.74 Å². The molecule has 0 aromatic carbocycles. The zero-order chi connectivity index (χ0) is 8.81. The van der Waals surface area contributed by atoms with Crippen LogP contribution in [0.25, 0.3) is 0 Å². The van der Waals surface area contributed by atoms with E-state index in [0.717, 1.165) is 31.1 Å². The van der Waals surface area contributed by atoms with Gasteiger partial charge in [-0.05, 0) is 24.9 Å². The molecule has 1 aromatic heterocycles. The Morgan fingerprint density at radius 1 is 1.50 bits per heavy atom. The first-order chi connectivity index (χ1) is 5.83. The van der Waals surface area contributed by atoms with Gasteiger partial charge in [-0.2, -0.15) is 0 Å². The molecule has 0 N–H and O–H groups in total. The molecule has 0 amide bonds. The molecule has 0 aliphatic rings. The van der Waals surface area contributed by atoms with Crippen LogP contribution in [0, 0.1) is 0 Å². The van der Waals surface area contributed by atoms with Gasteiger partial charge in [0.25, 0.3) is 0 Å². The van der Waals surface area contributed by atoms with Gasteiger partial charge in [0.2, 0.25) is 4.47 Å². The van der Waals surface area contributed by atoms with Crippen LogP contribution in [0.15, 0.2) is 0 Å². The van der Waals surface area contributed by atoms with E-state index >= 15 is 0 Å². The minimum absolute atomic E-state index is 0.515. The van der Waals surface area contributed by atoms with Gasteiger partial charge in [-0.1, -0.05) is 11.3 Å². The summed E-state index contributed by atoms with van der Waals surface area (Å²) in [6.07, 6.45) is 1.89. The highest BCUT2D eigenvalue weighted by Crippen LogP contribution is 2.15. The fourth-order valence-electron chi connectivity index (χ4n) is 0.804. The molecule has 0 aliphatic carbocycles. The van der Waals surface area contributed by atoms with Gasteiger partial charge < -0.3 is 4.74 Å². The van der Waals surface area contributed by atoms with Crippen molar-refractivity contribution in [2.75, 3.05) is 13.2 Å². The van der Waals surface area contributed by atoms with E-state index < -0.39 is 0 Å². The van der Waals surface area contributed by atoms with Crippen molar-refractivity contribution in [3.8, 4) is 0 Å². The second-order valence-electron chi connectivity index (χ2n) is 2.25. The van der Waals surface area contributed by atoms with Crippen molar-refractivity contribution in [1.82, 2.24) is 10.2 Å². The molecule has 0 saturated heterocycles. The van der Waals surface area contributed by atoms with Crippen LogP contribution in [-0.2, 0) is 11.2 Å². The Labute approximate surface area is 80.7 Å². The number of ether oxygens (including phenoxy) is 1. The van der Waals surface area contributed by atoms with E-state index in [4.69, 9.17) is 16.3 Å². The minimum atomic E-state index is 0.515. The number of hydrogen-bond donors (Lipinski definition) is 0. The van der Waals surface area contributed by atoms with Gasteiger partial charge in [-0.3, -0.25) is 0 Å². The van der Waals surface area contributed by atoms with Crippen LogP contribution in [0.1, 0.15) is 18.4 Å². The van der Waals surface area contributed by atoms with Gasteiger partial charge in [-0.15, -0.1) is 10.2 Å². The van der Waals surface area contributed by atoms with Crippen molar-refractivity contribution in [3.05, 3.63) is 9.47 Å². The minimum Gasteiger partial charge on any atom is -0.382 e. The van der Waals surface area contributed by atoms with Gasteiger partial charge in [0.05, 0.1) is 0 Å². The molecule has 12 heavy (non-hydrogen) atoms. The summed E-state index contributed by atoms with van der Waals surface area (Å²) in [6, 6.07) is 0. The van der Waals surface area contributed by atoms with E-state index in [2.05, 4.69) is 10.2 Å². The van der Waals surface area contributed by atoms with Crippen LogP contribution >= 0.6 is 22.9 Å². The summed E-state index contributed by atoms with van der Waals surface area (Å²) < 4.78 is 5.70. The molecular weight excluding hydrogens is 196 g/mol. The van der Waals surface area contributed by atoms with E-state index in [0.29, 0.717) is 4.47 Å².